The molecule has 0 N–H and O–H groups in total. The molecular weight excluding hydrogens is 288 g/mol. The number of nitrogens with zero attached hydrogens (tertiary/aromatic N) is 2. The molecule has 1 atom stereocenters. The molecule has 1 unspecified atom stereocenters. The molecule has 1 fully saturated rings. The van der Waals surface area contributed by atoms with E-state index in [4.69, 9.17) is 10.7 Å². The Hall–Kier alpha value is -1.14. The molecule has 19 heavy (non-hydrogen) atoms. The highest BCUT2D eigenvalue weighted by atomic mass is 35.7. The van der Waals surface area contributed by atoms with Crippen LogP contribution in [0.15, 0.2) is 12.1 Å². The standard InChI is InChI=1S/C12H15ClN2O3S/c1-8-3-4-11(9(2)14-8)15-6-10(5-12(15)16)7-19(13,17)18/h3-4,10H,5-7H2,1-2H3. The topological polar surface area (TPSA) is 67.3 Å². The lowest BCUT2D eigenvalue weighted by molar-refractivity contribution is -0.117. The molecule has 1 aromatic heterocycles. The lowest BCUT2D eigenvalue weighted by atomic mass is 10.1. The zero-order chi connectivity index (χ0) is 14.2. The van der Waals surface area contributed by atoms with E-state index in [1.54, 1.807) is 4.90 Å². The van der Waals surface area contributed by atoms with Crippen molar-refractivity contribution >= 4 is 31.3 Å². The van der Waals surface area contributed by atoms with Crippen LogP contribution in [0.5, 0.6) is 0 Å². The molecule has 7 heteroatoms. The average molecular weight is 303 g/mol. The van der Waals surface area contributed by atoms with Gasteiger partial charge in [0.2, 0.25) is 15.0 Å². The first-order valence-electron chi connectivity index (χ1n) is 5.93. The van der Waals surface area contributed by atoms with E-state index < -0.39 is 9.05 Å². The van der Waals surface area contributed by atoms with Gasteiger partial charge in [-0.15, -0.1) is 0 Å². The van der Waals surface area contributed by atoms with Crippen LogP contribution in [0, 0.1) is 19.8 Å². The van der Waals surface area contributed by atoms with Crippen LogP contribution in [0.25, 0.3) is 0 Å². The number of aryl methyl sites for hydroxylation is 2. The van der Waals surface area contributed by atoms with E-state index in [1.807, 2.05) is 26.0 Å². The molecule has 0 saturated carbocycles. The highest BCUT2D eigenvalue weighted by Gasteiger charge is 2.33. The van der Waals surface area contributed by atoms with Crippen LogP contribution in [0.4, 0.5) is 5.69 Å². The molecule has 0 aromatic carbocycles. The van der Waals surface area contributed by atoms with E-state index in [0.717, 1.165) is 17.1 Å². The van der Waals surface area contributed by atoms with Crippen molar-refractivity contribution in [2.75, 3.05) is 17.2 Å². The summed E-state index contributed by atoms with van der Waals surface area (Å²) in [4.78, 5) is 17.9. The average Bonchev–Trinajstić information content (AvgIpc) is 2.56. The van der Waals surface area contributed by atoms with Gasteiger partial charge >= 0.3 is 0 Å². The van der Waals surface area contributed by atoms with Gasteiger partial charge in [-0.25, -0.2) is 8.42 Å². The van der Waals surface area contributed by atoms with E-state index in [9.17, 15) is 13.2 Å². The molecular formula is C12H15ClN2O3S. The van der Waals surface area contributed by atoms with Crippen LogP contribution in [0.3, 0.4) is 0 Å². The molecule has 1 aliphatic heterocycles. The Morgan fingerprint density at radius 2 is 2.11 bits per heavy atom. The Labute approximate surface area is 117 Å². The van der Waals surface area contributed by atoms with Crippen molar-refractivity contribution in [3.63, 3.8) is 0 Å². The number of pyridine rings is 1. The summed E-state index contributed by atoms with van der Waals surface area (Å²) in [6.07, 6.45) is 0.208. The number of rotatable bonds is 3. The van der Waals surface area contributed by atoms with Crippen molar-refractivity contribution in [3.05, 3.63) is 23.5 Å². The second kappa shape index (κ2) is 5.09. The van der Waals surface area contributed by atoms with Gasteiger partial charge in [0.05, 0.1) is 17.1 Å². The van der Waals surface area contributed by atoms with Gasteiger partial charge in [0.25, 0.3) is 0 Å². The maximum atomic E-state index is 12.0. The zero-order valence-corrected chi connectivity index (χ0v) is 12.3. The predicted octanol–water partition coefficient (Wildman–Crippen LogP) is 1.62. The van der Waals surface area contributed by atoms with Crippen LogP contribution >= 0.6 is 10.7 Å². The maximum absolute atomic E-state index is 12.0. The van der Waals surface area contributed by atoms with Gasteiger partial charge in [-0.05, 0) is 26.0 Å². The number of amides is 1. The van der Waals surface area contributed by atoms with Gasteiger partial charge in [-0.1, -0.05) is 0 Å². The lowest BCUT2D eigenvalue weighted by Gasteiger charge is -2.18. The SMILES string of the molecule is Cc1ccc(N2CC(CS(=O)(=O)Cl)CC2=O)c(C)n1. The third-order valence-electron chi connectivity index (χ3n) is 3.13. The molecule has 1 saturated heterocycles. The largest absolute Gasteiger partial charge is 0.310 e. The van der Waals surface area contributed by atoms with Gasteiger partial charge in [0.15, 0.2) is 0 Å². The fraction of sp³-hybridized carbons (Fsp3) is 0.500. The highest BCUT2D eigenvalue weighted by Crippen LogP contribution is 2.28. The number of carbonyl (C=O) groups is 1. The van der Waals surface area contributed by atoms with Gasteiger partial charge in [-0.2, -0.15) is 0 Å². The Morgan fingerprint density at radius 1 is 1.42 bits per heavy atom. The molecule has 0 bridgehead atoms. The summed E-state index contributed by atoms with van der Waals surface area (Å²) in [7, 11) is 1.66. The zero-order valence-electron chi connectivity index (χ0n) is 10.8. The molecule has 2 rings (SSSR count). The molecule has 0 radical (unpaired) electrons. The van der Waals surface area contributed by atoms with Crippen LogP contribution in [0.1, 0.15) is 17.8 Å². The van der Waals surface area contributed by atoms with E-state index in [-0.39, 0.29) is 24.0 Å². The minimum atomic E-state index is -3.58. The number of carbonyl (C=O) groups excluding carboxylic acids is 1. The number of halogens is 1. The molecule has 1 amide bonds. The molecule has 1 aromatic rings. The second-order valence-corrected chi connectivity index (χ2v) is 7.66. The van der Waals surface area contributed by atoms with Crippen molar-refractivity contribution in [1.29, 1.82) is 0 Å². The van der Waals surface area contributed by atoms with Crippen molar-refractivity contribution in [2.45, 2.75) is 20.3 Å². The Kier molecular flexibility index (Phi) is 3.82. The quantitative estimate of drug-likeness (QED) is 0.796. The molecule has 1 aliphatic rings. The van der Waals surface area contributed by atoms with Crippen LogP contribution in [-0.2, 0) is 13.8 Å². The van der Waals surface area contributed by atoms with Crippen LogP contribution < -0.4 is 4.90 Å². The summed E-state index contributed by atoms with van der Waals surface area (Å²) in [6, 6.07) is 3.67. The molecule has 0 spiro atoms. The third kappa shape index (κ3) is 3.45. The molecule has 5 nitrogen and oxygen atoms in total. The van der Waals surface area contributed by atoms with Crippen molar-refractivity contribution in [1.82, 2.24) is 4.98 Å². The van der Waals surface area contributed by atoms with Crippen LogP contribution in [-0.4, -0.2) is 31.6 Å². The summed E-state index contributed by atoms with van der Waals surface area (Å²) in [5, 5.41) is 0. The number of anilines is 1. The normalized spacial score (nSPS) is 20.1. The summed E-state index contributed by atoms with van der Waals surface area (Å²) in [5.74, 6) is -0.510. The van der Waals surface area contributed by atoms with E-state index in [1.165, 1.54) is 0 Å². The molecule has 0 aliphatic carbocycles. The van der Waals surface area contributed by atoms with Crippen molar-refractivity contribution in [3.8, 4) is 0 Å². The van der Waals surface area contributed by atoms with Gasteiger partial charge in [0.1, 0.15) is 0 Å². The Morgan fingerprint density at radius 3 is 2.68 bits per heavy atom. The van der Waals surface area contributed by atoms with Crippen LogP contribution in [0.2, 0.25) is 0 Å². The van der Waals surface area contributed by atoms with Gasteiger partial charge < -0.3 is 4.90 Å². The summed E-state index contributed by atoms with van der Waals surface area (Å²) < 4.78 is 22.1. The second-order valence-electron chi connectivity index (χ2n) is 4.84. The summed E-state index contributed by atoms with van der Waals surface area (Å²) in [5.41, 5.74) is 2.39. The molecule has 2 heterocycles. The third-order valence-corrected chi connectivity index (χ3v) is 4.38. The fourth-order valence-electron chi connectivity index (χ4n) is 2.37. The van der Waals surface area contributed by atoms with Gasteiger partial charge in [-0.3, -0.25) is 9.78 Å². The maximum Gasteiger partial charge on any atom is 0.232 e. The Bertz CT molecular complexity index is 615. The van der Waals surface area contributed by atoms with E-state index in [0.29, 0.717) is 6.54 Å². The van der Waals surface area contributed by atoms with Crippen molar-refractivity contribution in [2.24, 2.45) is 5.92 Å². The summed E-state index contributed by atoms with van der Waals surface area (Å²) >= 11 is 0. The fourth-order valence-corrected chi connectivity index (χ4v) is 3.69. The van der Waals surface area contributed by atoms with E-state index >= 15 is 0 Å². The van der Waals surface area contributed by atoms with E-state index in [2.05, 4.69) is 4.98 Å². The number of hydrogen-bond acceptors (Lipinski definition) is 4. The first-order chi connectivity index (χ1) is 8.76. The predicted molar refractivity (Wildman–Crippen MR) is 73.8 cm³/mol. The molecule has 104 valence electrons. The summed E-state index contributed by atoms with van der Waals surface area (Å²) in [6.45, 7) is 4.09. The van der Waals surface area contributed by atoms with Crippen molar-refractivity contribution < 1.29 is 13.2 Å². The first-order valence-corrected chi connectivity index (χ1v) is 8.41. The number of hydrogen-bond donors (Lipinski definition) is 0. The smallest absolute Gasteiger partial charge is 0.232 e. The first kappa shape index (κ1) is 14.3. The van der Waals surface area contributed by atoms with Gasteiger partial charge in [0, 0.05) is 35.3 Å². The monoisotopic (exact) mass is 302 g/mol. The highest BCUT2D eigenvalue weighted by molar-refractivity contribution is 8.13. The minimum absolute atomic E-state index is 0.0842. The lowest BCUT2D eigenvalue weighted by Crippen LogP contribution is -2.26. The number of aromatic nitrogens is 1. The Balaban J connectivity index is 2.20. The minimum Gasteiger partial charge on any atom is -0.310 e.